The monoisotopic (exact) mass is 275 g/mol. The van der Waals surface area contributed by atoms with E-state index in [1.807, 2.05) is 17.1 Å². The van der Waals surface area contributed by atoms with Gasteiger partial charge in [0.05, 0.1) is 11.9 Å². The molecular weight excluding hydrogens is 250 g/mol. The molecule has 2 rings (SSSR count). The average Bonchev–Trinajstić information content (AvgIpc) is 3.08. The van der Waals surface area contributed by atoms with E-state index in [1.54, 1.807) is 0 Å². The lowest BCUT2D eigenvalue weighted by atomic mass is 10.2. The van der Waals surface area contributed by atoms with Gasteiger partial charge >= 0.3 is 0 Å². The summed E-state index contributed by atoms with van der Waals surface area (Å²) in [5, 5.41) is 12.2. The van der Waals surface area contributed by atoms with Crippen molar-refractivity contribution in [2.75, 3.05) is 0 Å². The van der Waals surface area contributed by atoms with E-state index >= 15 is 0 Å². The summed E-state index contributed by atoms with van der Waals surface area (Å²) in [6, 6.07) is 2.54. The van der Waals surface area contributed by atoms with Crippen LogP contribution >= 0.6 is 0 Å². The molecule has 0 spiro atoms. The van der Waals surface area contributed by atoms with Gasteiger partial charge in [0, 0.05) is 43.6 Å². The van der Waals surface area contributed by atoms with E-state index in [0.29, 0.717) is 6.04 Å². The lowest BCUT2D eigenvalue weighted by molar-refractivity contribution is 0.451. The van der Waals surface area contributed by atoms with E-state index in [4.69, 9.17) is 0 Å². The van der Waals surface area contributed by atoms with E-state index < -0.39 is 0 Å². The van der Waals surface area contributed by atoms with Crippen LogP contribution in [-0.4, -0.2) is 19.6 Å². The Morgan fingerprint density at radius 2 is 2.10 bits per heavy atom. The van der Waals surface area contributed by atoms with Crippen LogP contribution in [0, 0.1) is 0 Å². The number of hydrogen-bond donors (Lipinski definition) is 1. The van der Waals surface area contributed by atoms with Gasteiger partial charge in [-0.3, -0.25) is 9.36 Å². The summed E-state index contributed by atoms with van der Waals surface area (Å²) in [6.45, 7) is 9.21. The van der Waals surface area contributed by atoms with Crippen molar-refractivity contribution in [3.05, 3.63) is 35.9 Å². The van der Waals surface area contributed by atoms with Gasteiger partial charge in [0.1, 0.15) is 0 Å². The zero-order valence-electron chi connectivity index (χ0n) is 12.7. The SMILES string of the molecule is CCCn1cc(CNCc2ccnn2C(C)CC)cn1. The molecule has 20 heavy (non-hydrogen) atoms. The van der Waals surface area contributed by atoms with Crippen LogP contribution in [0.5, 0.6) is 0 Å². The molecule has 0 aromatic carbocycles. The van der Waals surface area contributed by atoms with Crippen LogP contribution in [0.2, 0.25) is 0 Å². The predicted molar refractivity (Wildman–Crippen MR) is 80.3 cm³/mol. The Labute approximate surface area is 121 Å². The van der Waals surface area contributed by atoms with Gasteiger partial charge in [-0.25, -0.2) is 0 Å². The Morgan fingerprint density at radius 3 is 2.85 bits per heavy atom. The second-order valence-corrected chi connectivity index (χ2v) is 5.24. The highest BCUT2D eigenvalue weighted by atomic mass is 15.3. The minimum atomic E-state index is 0.453. The summed E-state index contributed by atoms with van der Waals surface area (Å²) in [5.74, 6) is 0. The summed E-state index contributed by atoms with van der Waals surface area (Å²) >= 11 is 0. The molecule has 0 radical (unpaired) electrons. The first-order valence-electron chi connectivity index (χ1n) is 7.49. The van der Waals surface area contributed by atoms with Gasteiger partial charge in [-0.05, 0) is 25.8 Å². The number of hydrogen-bond acceptors (Lipinski definition) is 3. The Morgan fingerprint density at radius 1 is 1.25 bits per heavy atom. The zero-order chi connectivity index (χ0) is 14.4. The molecule has 2 aromatic rings. The van der Waals surface area contributed by atoms with Crippen LogP contribution in [0.25, 0.3) is 0 Å². The molecule has 0 aliphatic rings. The van der Waals surface area contributed by atoms with Gasteiger partial charge in [0.15, 0.2) is 0 Å². The number of rotatable bonds is 8. The smallest absolute Gasteiger partial charge is 0.0534 e. The second-order valence-electron chi connectivity index (χ2n) is 5.24. The van der Waals surface area contributed by atoms with Crippen LogP contribution in [0.1, 0.15) is 50.9 Å². The van der Waals surface area contributed by atoms with Crippen LogP contribution in [0.3, 0.4) is 0 Å². The molecule has 5 nitrogen and oxygen atoms in total. The maximum atomic E-state index is 4.40. The van der Waals surface area contributed by atoms with Gasteiger partial charge < -0.3 is 5.32 Å². The maximum absolute atomic E-state index is 4.40. The largest absolute Gasteiger partial charge is 0.307 e. The van der Waals surface area contributed by atoms with Gasteiger partial charge in [-0.2, -0.15) is 10.2 Å². The van der Waals surface area contributed by atoms with E-state index in [9.17, 15) is 0 Å². The topological polar surface area (TPSA) is 47.7 Å². The minimum absolute atomic E-state index is 0.453. The standard InChI is InChI=1S/C15H25N5/c1-4-8-19-12-14(10-18-19)9-16-11-15-6-7-17-20(15)13(3)5-2/h6-7,10,12-13,16H,4-5,8-9,11H2,1-3H3. The molecule has 2 heterocycles. The molecule has 1 atom stereocenters. The Hall–Kier alpha value is -1.62. The molecule has 5 heteroatoms. The average molecular weight is 275 g/mol. The minimum Gasteiger partial charge on any atom is -0.307 e. The third kappa shape index (κ3) is 3.70. The summed E-state index contributed by atoms with van der Waals surface area (Å²) < 4.78 is 4.11. The maximum Gasteiger partial charge on any atom is 0.0534 e. The third-order valence-electron chi connectivity index (χ3n) is 3.54. The molecule has 0 saturated heterocycles. The molecule has 0 saturated carbocycles. The van der Waals surface area contributed by atoms with E-state index in [2.05, 4.69) is 53.2 Å². The molecular formula is C15H25N5. The van der Waals surface area contributed by atoms with Crippen molar-refractivity contribution in [2.24, 2.45) is 0 Å². The van der Waals surface area contributed by atoms with Gasteiger partial charge in [-0.1, -0.05) is 13.8 Å². The quantitative estimate of drug-likeness (QED) is 0.806. The van der Waals surface area contributed by atoms with Crippen LogP contribution in [0.15, 0.2) is 24.7 Å². The highest BCUT2D eigenvalue weighted by Crippen LogP contribution is 2.12. The van der Waals surface area contributed by atoms with Gasteiger partial charge in [0.2, 0.25) is 0 Å². The van der Waals surface area contributed by atoms with Crippen molar-refractivity contribution in [3.63, 3.8) is 0 Å². The fraction of sp³-hybridized carbons (Fsp3) is 0.600. The number of nitrogens with one attached hydrogen (secondary N) is 1. The summed E-state index contributed by atoms with van der Waals surface area (Å²) in [4.78, 5) is 0. The lowest BCUT2D eigenvalue weighted by Gasteiger charge is -2.13. The van der Waals surface area contributed by atoms with Gasteiger partial charge in [0.25, 0.3) is 0 Å². The van der Waals surface area contributed by atoms with Crippen LogP contribution < -0.4 is 5.32 Å². The van der Waals surface area contributed by atoms with E-state index in [1.165, 1.54) is 11.3 Å². The Bertz CT molecular complexity index is 514. The van der Waals surface area contributed by atoms with Gasteiger partial charge in [-0.15, -0.1) is 0 Å². The third-order valence-corrected chi connectivity index (χ3v) is 3.54. The van der Waals surface area contributed by atoms with Crippen LogP contribution in [-0.2, 0) is 19.6 Å². The normalized spacial score (nSPS) is 12.8. The summed E-state index contributed by atoms with van der Waals surface area (Å²) in [7, 11) is 0. The highest BCUT2D eigenvalue weighted by Gasteiger charge is 2.07. The number of aryl methyl sites for hydroxylation is 1. The van der Waals surface area contributed by atoms with Crippen molar-refractivity contribution in [2.45, 2.75) is 59.3 Å². The molecule has 110 valence electrons. The summed E-state index contributed by atoms with van der Waals surface area (Å²) in [5.41, 5.74) is 2.47. The Kier molecular flexibility index (Phi) is 5.35. The van der Waals surface area contributed by atoms with Crippen LogP contribution in [0.4, 0.5) is 0 Å². The first-order chi connectivity index (χ1) is 9.74. The molecule has 1 N–H and O–H groups in total. The van der Waals surface area contributed by atoms with Crippen molar-refractivity contribution >= 4 is 0 Å². The molecule has 0 aliphatic carbocycles. The molecule has 0 amide bonds. The molecule has 0 bridgehead atoms. The van der Waals surface area contributed by atoms with Crippen molar-refractivity contribution in [3.8, 4) is 0 Å². The number of nitrogens with zero attached hydrogens (tertiary/aromatic N) is 4. The molecule has 0 aliphatic heterocycles. The van der Waals surface area contributed by atoms with Crippen molar-refractivity contribution in [1.29, 1.82) is 0 Å². The lowest BCUT2D eigenvalue weighted by Crippen LogP contribution is -2.18. The van der Waals surface area contributed by atoms with E-state index in [0.717, 1.165) is 32.5 Å². The van der Waals surface area contributed by atoms with E-state index in [-0.39, 0.29) is 0 Å². The van der Waals surface area contributed by atoms with Crippen molar-refractivity contribution in [1.82, 2.24) is 24.9 Å². The molecule has 1 unspecified atom stereocenters. The summed E-state index contributed by atoms with van der Waals surface area (Å²) in [6.07, 6.45) is 8.14. The van der Waals surface area contributed by atoms with Crippen molar-refractivity contribution < 1.29 is 0 Å². The molecule has 0 fully saturated rings. The Balaban J connectivity index is 1.84. The first kappa shape index (κ1) is 14.8. The fourth-order valence-corrected chi connectivity index (χ4v) is 2.24. The zero-order valence-corrected chi connectivity index (χ0v) is 12.7. The predicted octanol–water partition coefficient (Wildman–Crippen LogP) is 2.75. The highest BCUT2D eigenvalue weighted by molar-refractivity contribution is 5.05. The molecule has 2 aromatic heterocycles. The second kappa shape index (κ2) is 7.24. The fourth-order valence-electron chi connectivity index (χ4n) is 2.24. The number of aromatic nitrogens is 4. The first-order valence-corrected chi connectivity index (χ1v) is 7.49.